The number of rotatable bonds is 2. The van der Waals surface area contributed by atoms with Crippen LogP contribution in [0.1, 0.15) is 19.3 Å². The molecule has 3 aliphatic rings. The average molecular weight is 276 g/mol. The summed E-state index contributed by atoms with van der Waals surface area (Å²) in [7, 11) is -3.22. The van der Waals surface area contributed by atoms with Gasteiger partial charge in [-0.2, -0.15) is 4.31 Å². The third kappa shape index (κ3) is 1.84. The number of alkyl halides is 1. The zero-order valence-electron chi connectivity index (χ0n) is 10.3. The van der Waals surface area contributed by atoms with Gasteiger partial charge < -0.3 is 4.90 Å². The van der Waals surface area contributed by atoms with E-state index in [9.17, 15) is 17.6 Å². The van der Waals surface area contributed by atoms with E-state index in [0.29, 0.717) is 32.5 Å². The Kier molecular flexibility index (Phi) is 2.51. The van der Waals surface area contributed by atoms with Crippen molar-refractivity contribution in [2.75, 3.05) is 25.9 Å². The number of likely N-dealkylation sites (tertiary alicyclic amines) is 1. The second kappa shape index (κ2) is 3.66. The maximum atomic E-state index is 13.7. The highest BCUT2D eigenvalue weighted by molar-refractivity contribution is 7.88. The molecule has 0 aromatic heterocycles. The summed E-state index contributed by atoms with van der Waals surface area (Å²) >= 11 is 0. The molecule has 0 spiro atoms. The highest BCUT2D eigenvalue weighted by atomic mass is 32.2. The van der Waals surface area contributed by atoms with Crippen molar-refractivity contribution in [3.63, 3.8) is 0 Å². The maximum Gasteiger partial charge on any atom is 0.260 e. The fourth-order valence-corrected chi connectivity index (χ4v) is 4.28. The Morgan fingerprint density at radius 1 is 1.33 bits per heavy atom. The molecule has 2 saturated heterocycles. The van der Waals surface area contributed by atoms with Gasteiger partial charge in [0.15, 0.2) is 5.67 Å². The van der Waals surface area contributed by atoms with E-state index >= 15 is 0 Å². The van der Waals surface area contributed by atoms with Gasteiger partial charge in [-0.25, -0.2) is 12.8 Å². The van der Waals surface area contributed by atoms with E-state index in [1.165, 1.54) is 15.5 Å². The van der Waals surface area contributed by atoms with Crippen LogP contribution >= 0.6 is 0 Å². The third-order valence-corrected chi connectivity index (χ3v) is 5.59. The molecule has 102 valence electrons. The molecule has 0 unspecified atom stereocenters. The molecule has 18 heavy (non-hydrogen) atoms. The van der Waals surface area contributed by atoms with E-state index in [1.54, 1.807) is 0 Å². The Bertz CT molecular complexity index is 489. The molecular weight excluding hydrogens is 259 g/mol. The molecule has 0 aromatic carbocycles. The molecule has 3 rings (SSSR count). The predicted molar refractivity (Wildman–Crippen MR) is 63.1 cm³/mol. The number of halogens is 1. The van der Waals surface area contributed by atoms with E-state index in [1.807, 2.05) is 0 Å². The Morgan fingerprint density at radius 3 is 2.56 bits per heavy atom. The van der Waals surface area contributed by atoms with Crippen LogP contribution in [-0.4, -0.2) is 61.1 Å². The second-order valence-corrected chi connectivity index (χ2v) is 7.60. The first-order chi connectivity index (χ1) is 8.31. The predicted octanol–water partition coefficient (Wildman–Crippen LogP) is -0.0192. The molecule has 2 atom stereocenters. The van der Waals surface area contributed by atoms with E-state index < -0.39 is 21.6 Å². The van der Waals surface area contributed by atoms with Gasteiger partial charge in [-0.3, -0.25) is 4.79 Å². The van der Waals surface area contributed by atoms with Gasteiger partial charge in [-0.05, 0) is 25.2 Å². The topological polar surface area (TPSA) is 57.7 Å². The molecule has 5 nitrogen and oxygen atoms in total. The van der Waals surface area contributed by atoms with Crippen molar-refractivity contribution in [2.45, 2.75) is 31.0 Å². The van der Waals surface area contributed by atoms with E-state index in [2.05, 4.69) is 0 Å². The standard InChI is InChI=1S/C11H17FN2O3S/c1-18(16,17)14-5-2-8-6-13(7-9(8)14)10(15)11(12)3-4-11/h8-9H,2-7H2,1H3/t8-,9+/m1/s1. The van der Waals surface area contributed by atoms with Gasteiger partial charge in [0.25, 0.3) is 5.91 Å². The molecule has 2 heterocycles. The van der Waals surface area contributed by atoms with Gasteiger partial charge in [0.05, 0.1) is 6.26 Å². The Morgan fingerprint density at radius 2 is 2.00 bits per heavy atom. The fourth-order valence-electron chi connectivity index (χ4n) is 3.11. The van der Waals surface area contributed by atoms with Crippen molar-refractivity contribution in [1.29, 1.82) is 0 Å². The fraction of sp³-hybridized carbons (Fsp3) is 0.909. The van der Waals surface area contributed by atoms with E-state index in [-0.39, 0.29) is 12.0 Å². The van der Waals surface area contributed by atoms with Gasteiger partial charge >= 0.3 is 0 Å². The molecule has 1 saturated carbocycles. The highest BCUT2D eigenvalue weighted by Crippen LogP contribution is 2.43. The first kappa shape index (κ1) is 12.3. The van der Waals surface area contributed by atoms with Crippen LogP contribution < -0.4 is 0 Å². The summed E-state index contributed by atoms with van der Waals surface area (Å²) in [6, 6.07) is -0.147. The van der Waals surface area contributed by atoms with Gasteiger partial charge in [0, 0.05) is 25.7 Å². The number of hydrogen-bond donors (Lipinski definition) is 0. The Labute approximate surface area is 106 Å². The second-order valence-electron chi connectivity index (χ2n) is 5.67. The number of hydrogen-bond acceptors (Lipinski definition) is 3. The van der Waals surface area contributed by atoms with Crippen LogP contribution in [0.5, 0.6) is 0 Å². The van der Waals surface area contributed by atoms with Crippen molar-refractivity contribution in [2.24, 2.45) is 5.92 Å². The van der Waals surface area contributed by atoms with Crippen LogP contribution in [0.2, 0.25) is 0 Å². The zero-order valence-corrected chi connectivity index (χ0v) is 11.1. The molecule has 7 heteroatoms. The van der Waals surface area contributed by atoms with Crippen molar-refractivity contribution in [3.05, 3.63) is 0 Å². The molecule has 0 radical (unpaired) electrons. The first-order valence-electron chi connectivity index (χ1n) is 6.26. The minimum Gasteiger partial charge on any atom is -0.338 e. The monoisotopic (exact) mass is 276 g/mol. The quantitative estimate of drug-likeness (QED) is 0.712. The molecule has 2 aliphatic heterocycles. The summed E-state index contributed by atoms with van der Waals surface area (Å²) < 4.78 is 38.4. The van der Waals surface area contributed by atoms with Gasteiger partial charge in [0.1, 0.15) is 0 Å². The number of carbonyl (C=O) groups excluding carboxylic acids is 1. The molecule has 0 bridgehead atoms. The molecule has 1 amide bonds. The molecule has 0 N–H and O–H groups in total. The minimum atomic E-state index is -3.22. The summed E-state index contributed by atoms with van der Waals surface area (Å²) in [5, 5.41) is 0. The van der Waals surface area contributed by atoms with Crippen LogP contribution in [0, 0.1) is 5.92 Å². The molecule has 3 fully saturated rings. The van der Waals surface area contributed by atoms with Crippen molar-refractivity contribution < 1.29 is 17.6 Å². The lowest BCUT2D eigenvalue weighted by molar-refractivity contribution is -0.137. The number of carbonyl (C=O) groups is 1. The smallest absolute Gasteiger partial charge is 0.260 e. The maximum absolute atomic E-state index is 13.7. The summed E-state index contributed by atoms with van der Waals surface area (Å²) in [6.45, 7) is 1.38. The van der Waals surface area contributed by atoms with Crippen molar-refractivity contribution in [3.8, 4) is 0 Å². The minimum absolute atomic E-state index is 0.147. The van der Waals surface area contributed by atoms with E-state index in [4.69, 9.17) is 0 Å². The summed E-state index contributed by atoms with van der Waals surface area (Å²) in [5.74, 6) is -0.267. The number of fused-ring (bicyclic) bond motifs is 1. The lowest BCUT2D eigenvalue weighted by Gasteiger charge is -2.23. The Balaban J connectivity index is 1.74. The van der Waals surface area contributed by atoms with Gasteiger partial charge in [-0.15, -0.1) is 0 Å². The van der Waals surface area contributed by atoms with Gasteiger partial charge in [0.2, 0.25) is 10.0 Å². The van der Waals surface area contributed by atoms with Crippen LogP contribution in [0.15, 0.2) is 0 Å². The SMILES string of the molecule is CS(=O)(=O)N1CC[C@@H]2CN(C(=O)C3(F)CC3)C[C@@H]21. The molecule has 1 aliphatic carbocycles. The highest BCUT2D eigenvalue weighted by Gasteiger charge is 2.56. The molecule has 0 aromatic rings. The summed E-state index contributed by atoms with van der Waals surface area (Å²) in [6.07, 6.45) is 2.58. The largest absolute Gasteiger partial charge is 0.338 e. The van der Waals surface area contributed by atoms with Crippen LogP contribution in [0.4, 0.5) is 4.39 Å². The lowest BCUT2D eigenvalue weighted by Crippen LogP contribution is -2.42. The lowest BCUT2D eigenvalue weighted by atomic mass is 10.1. The summed E-state index contributed by atoms with van der Waals surface area (Å²) in [5.41, 5.74) is -1.64. The summed E-state index contributed by atoms with van der Waals surface area (Å²) in [4.78, 5) is 13.4. The zero-order chi connectivity index (χ0) is 13.1. The number of nitrogens with zero attached hydrogens (tertiary/aromatic N) is 2. The molecular formula is C11H17FN2O3S. The van der Waals surface area contributed by atoms with Crippen LogP contribution in [0.25, 0.3) is 0 Å². The first-order valence-corrected chi connectivity index (χ1v) is 8.11. The van der Waals surface area contributed by atoms with Crippen molar-refractivity contribution in [1.82, 2.24) is 9.21 Å². The Hall–Kier alpha value is -0.690. The van der Waals surface area contributed by atoms with Gasteiger partial charge in [-0.1, -0.05) is 0 Å². The normalized spacial score (nSPS) is 34.7. The van der Waals surface area contributed by atoms with E-state index in [0.717, 1.165) is 6.42 Å². The van der Waals surface area contributed by atoms with Crippen LogP contribution in [0.3, 0.4) is 0 Å². The van der Waals surface area contributed by atoms with Crippen LogP contribution in [-0.2, 0) is 14.8 Å². The van der Waals surface area contributed by atoms with Crippen molar-refractivity contribution >= 4 is 15.9 Å². The third-order valence-electron chi connectivity index (χ3n) is 4.28. The number of amides is 1. The number of sulfonamides is 1. The average Bonchev–Trinajstić information content (AvgIpc) is 2.73.